The lowest BCUT2D eigenvalue weighted by molar-refractivity contribution is -0.132. The molecule has 3 aromatic rings. The van der Waals surface area contributed by atoms with Gasteiger partial charge in [0.2, 0.25) is 5.91 Å². The van der Waals surface area contributed by atoms with E-state index in [1.54, 1.807) is 0 Å². The van der Waals surface area contributed by atoms with Gasteiger partial charge in [0.15, 0.2) is 0 Å². The highest BCUT2D eigenvalue weighted by Crippen LogP contribution is 2.34. The number of carbonyl (C=O) groups excluding carboxylic acids is 1. The molecule has 0 radical (unpaired) electrons. The Bertz CT molecular complexity index is 957. The van der Waals surface area contributed by atoms with Crippen LogP contribution in [-0.4, -0.2) is 31.5 Å². The zero-order valence-electron chi connectivity index (χ0n) is 18.3. The number of hydrogen-bond donors (Lipinski definition) is 0. The molecule has 2 aromatic heterocycles. The van der Waals surface area contributed by atoms with Crippen molar-refractivity contribution in [2.75, 3.05) is 6.54 Å². The van der Waals surface area contributed by atoms with Crippen LogP contribution in [0.1, 0.15) is 64.2 Å². The quantitative estimate of drug-likeness (QED) is 0.446. The maximum atomic E-state index is 13.1. The van der Waals surface area contributed by atoms with E-state index in [0.717, 1.165) is 63.1 Å². The molecule has 5 heteroatoms. The number of rotatable bonds is 9. The zero-order valence-corrected chi connectivity index (χ0v) is 18.3. The molecule has 3 heterocycles. The summed E-state index contributed by atoms with van der Waals surface area (Å²) in [6.45, 7) is 7.31. The van der Waals surface area contributed by atoms with Crippen LogP contribution in [0, 0.1) is 5.92 Å². The Balaban J connectivity index is 1.41. The topological polar surface area (TPSA) is 43.1 Å². The Labute approximate surface area is 179 Å². The number of nitrogens with zero attached hydrogens (tertiary/aromatic N) is 4. The first-order valence-corrected chi connectivity index (χ1v) is 11.5. The number of aromatic nitrogens is 3. The summed E-state index contributed by atoms with van der Waals surface area (Å²) in [5.74, 6) is 1.90. The normalized spacial score (nSPS) is 16.8. The van der Waals surface area contributed by atoms with Crippen LogP contribution < -0.4 is 0 Å². The molecule has 5 nitrogen and oxygen atoms in total. The van der Waals surface area contributed by atoms with Crippen molar-refractivity contribution < 1.29 is 4.79 Å². The first kappa shape index (κ1) is 20.7. The first-order chi connectivity index (χ1) is 14.6. The number of hydrogen-bond acceptors (Lipinski definition) is 2. The summed E-state index contributed by atoms with van der Waals surface area (Å²) < 4.78 is 4.56. The molecule has 1 amide bonds. The summed E-state index contributed by atoms with van der Waals surface area (Å²) in [5, 5.41) is 0. The maximum Gasteiger partial charge on any atom is 0.223 e. The van der Waals surface area contributed by atoms with Gasteiger partial charge < -0.3 is 14.0 Å². The molecule has 0 saturated carbocycles. The lowest BCUT2D eigenvalue weighted by Gasteiger charge is -2.26. The van der Waals surface area contributed by atoms with Crippen molar-refractivity contribution in [2.45, 2.75) is 71.5 Å². The van der Waals surface area contributed by atoms with Gasteiger partial charge in [0, 0.05) is 38.4 Å². The SMILES string of the molecule is CC(C)Cn1c([C@@H]2CCCN2C(=O)CCCCCn2cccc2)nc2ccccc21. The van der Waals surface area contributed by atoms with Crippen LogP contribution in [0.2, 0.25) is 0 Å². The third-order valence-corrected chi connectivity index (χ3v) is 6.08. The highest BCUT2D eigenvalue weighted by molar-refractivity contribution is 5.78. The fourth-order valence-electron chi connectivity index (χ4n) is 4.65. The van der Waals surface area contributed by atoms with E-state index < -0.39 is 0 Å². The Morgan fingerprint density at radius 3 is 2.70 bits per heavy atom. The average Bonchev–Trinajstić information content (AvgIpc) is 3.47. The molecule has 1 fully saturated rings. The molecule has 160 valence electrons. The average molecular weight is 407 g/mol. The highest BCUT2D eigenvalue weighted by Gasteiger charge is 2.33. The van der Waals surface area contributed by atoms with Gasteiger partial charge in [-0.05, 0) is 55.9 Å². The molecule has 0 N–H and O–H groups in total. The monoisotopic (exact) mass is 406 g/mol. The fourth-order valence-corrected chi connectivity index (χ4v) is 4.65. The van der Waals surface area contributed by atoms with Gasteiger partial charge in [0.1, 0.15) is 5.82 Å². The minimum atomic E-state index is 0.114. The summed E-state index contributed by atoms with van der Waals surface area (Å²) in [4.78, 5) is 20.1. The van der Waals surface area contributed by atoms with Gasteiger partial charge in [0.25, 0.3) is 0 Å². The molecule has 0 aliphatic carbocycles. The maximum absolute atomic E-state index is 13.1. The number of amides is 1. The van der Waals surface area contributed by atoms with Crippen LogP contribution >= 0.6 is 0 Å². The van der Waals surface area contributed by atoms with E-state index in [2.05, 4.69) is 70.6 Å². The third-order valence-electron chi connectivity index (χ3n) is 6.08. The number of benzene rings is 1. The molecule has 1 saturated heterocycles. The van der Waals surface area contributed by atoms with E-state index in [4.69, 9.17) is 4.98 Å². The first-order valence-electron chi connectivity index (χ1n) is 11.5. The minimum Gasteiger partial charge on any atom is -0.354 e. The summed E-state index contributed by atoms with van der Waals surface area (Å²) >= 11 is 0. The lowest BCUT2D eigenvalue weighted by atomic mass is 10.1. The van der Waals surface area contributed by atoms with Crippen LogP contribution in [-0.2, 0) is 17.9 Å². The number of fused-ring (bicyclic) bond motifs is 1. The summed E-state index contributed by atoms with van der Waals surface area (Å²) in [5.41, 5.74) is 2.22. The van der Waals surface area contributed by atoms with Crippen molar-refractivity contribution in [3.8, 4) is 0 Å². The molecule has 0 bridgehead atoms. The number of imidazole rings is 1. The predicted molar refractivity (Wildman–Crippen MR) is 121 cm³/mol. The van der Waals surface area contributed by atoms with Crippen molar-refractivity contribution in [2.24, 2.45) is 5.92 Å². The van der Waals surface area contributed by atoms with E-state index in [-0.39, 0.29) is 6.04 Å². The molecule has 1 aliphatic rings. The second-order valence-corrected chi connectivity index (χ2v) is 8.94. The van der Waals surface area contributed by atoms with Crippen LogP contribution in [0.15, 0.2) is 48.8 Å². The Morgan fingerprint density at radius 2 is 1.90 bits per heavy atom. The molecule has 4 rings (SSSR count). The molecule has 1 atom stereocenters. The number of carbonyl (C=O) groups is 1. The molecule has 1 aliphatic heterocycles. The third kappa shape index (κ3) is 4.61. The molecule has 30 heavy (non-hydrogen) atoms. The highest BCUT2D eigenvalue weighted by atomic mass is 16.2. The largest absolute Gasteiger partial charge is 0.354 e. The minimum absolute atomic E-state index is 0.114. The predicted octanol–water partition coefficient (Wildman–Crippen LogP) is 5.42. The number of aryl methyl sites for hydroxylation is 1. The Hall–Kier alpha value is -2.56. The fraction of sp³-hybridized carbons (Fsp3) is 0.520. The van der Waals surface area contributed by atoms with Crippen molar-refractivity contribution in [1.29, 1.82) is 0 Å². The Morgan fingerprint density at radius 1 is 1.10 bits per heavy atom. The summed E-state index contributed by atoms with van der Waals surface area (Å²) in [6, 6.07) is 12.6. The van der Waals surface area contributed by atoms with E-state index in [9.17, 15) is 4.79 Å². The van der Waals surface area contributed by atoms with E-state index in [0.29, 0.717) is 18.2 Å². The van der Waals surface area contributed by atoms with Crippen molar-refractivity contribution in [1.82, 2.24) is 19.0 Å². The molecule has 1 aromatic carbocycles. The second-order valence-electron chi connectivity index (χ2n) is 8.94. The van der Waals surface area contributed by atoms with E-state index in [1.807, 2.05) is 6.07 Å². The molecule has 0 spiro atoms. The van der Waals surface area contributed by atoms with Crippen LogP contribution in [0.3, 0.4) is 0 Å². The van der Waals surface area contributed by atoms with Gasteiger partial charge in [-0.15, -0.1) is 0 Å². The van der Waals surface area contributed by atoms with Crippen molar-refractivity contribution in [3.63, 3.8) is 0 Å². The van der Waals surface area contributed by atoms with E-state index >= 15 is 0 Å². The van der Waals surface area contributed by atoms with Gasteiger partial charge in [-0.3, -0.25) is 4.79 Å². The van der Waals surface area contributed by atoms with Gasteiger partial charge in [-0.1, -0.05) is 32.4 Å². The molecule has 0 unspecified atom stereocenters. The van der Waals surface area contributed by atoms with Crippen LogP contribution in [0.4, 0.5) is 0 Å². The van der Waals surface area contributed by atoms with Gasteiger partial charge in [-0.2, -0.15) is 0 Å². The van der Waals surface area contributed by atoms with Crippen molar-refractivity contribution >= 4 is 16.9 Å². The van der Waals surface area contributed by atoms with Crippen LogP contribution in [0.5, 0.6) is 0 Å². The molecular weight excluding hydrogens is 372 g/mol. The summed E-state index contributed by atoms with van der Waals surface area (Å²) in [6.07, 6.45) is 10.1. The second kappa shape index (κ2) is 9.50. The summed E-state index contributed by atoms with van der Waals surface area (Å²) in [7, 11) is 0. The lowest BCUT2D eigenvalue weighted by Crippen LogP contribution is -2.32. The van der Waals surface area contributed by atoms with Gasteiger partial charge in [0.05, 0.1) is 17.1 Å². The molecular formula is C25H34N4O. The van der Waals surface area contributed by atoms with Crippen LogP contribution in [0.25, 0.3) is 11.0 Å². The number of para-hydroxylation sites is 2. The van der Waals surface area contributed by atoms with Gasteiger partial charge >= 0.3 is 0 Å². The van der Waals surface area contributed by atoms with Gasteiger partial charge in [-0.25, -0.2) is 4.98 Å². The van der Waals surface area contributed by atoms with E-state index in [1.165, 1.54) is 5.52 Å². The smallest absolute Gasteiger partial charge is 0.223 e. The van der Waals surface area contributed by atoms with Crippen molar-refractivity contribution in [3.05, 3.63) is 54.6 Å². The zero-order chi connectivity index (χ0) is 20.9. The number of unbranched alkanes of at least 4 members (excludes halogenated alkanes) is 2. The Kier molecular flexibility index (Phi) is 6.56. The number of likely N-dealkylation sites (tertiary alicyclic amines) is 1. The standard InChI is InChI=1S/C25H34N4O/c1-20(2)19-29-22-12-6-5-11-21(22)26-25(29)23-13-10-18-28(23)24(30)14-4-3-7-15-27-16-8-9-17-27/h5-6,8-9,11-12,16-17,20,23H,3-4,7,10,13-15,18-19H2,1-2H3/t23-/m0/s1.